The summed E-state index contributed by atoms with van der Waals surface area (Å²) in [5.74, 6) is -0.512. The molecule has 0 bridgehead atoms. The Balaban J connectivity index is 3.24. The van der Waals surface area contributed by atoms with Gasteiger partial charge in [-0.1, -0.05) is 6.58 Å². The first-order valence-corrected chi connectivity index (χ1v) is 4.87. The summed E-state index contributed by atoms with van der Waals surface area (Å²) in [6.07, 6.45) is 1.06. The highest BCUT2D eigenvalue weighted by atomic mass is 31.2. The summed E-state index contributed by atoms with van der Waals surface area (Å²) < 4.78 is 14.1. The molecule has 0 spiro atoms. The van der Waals surface area contributed by atoms with E-state index in [0.717, 1.165) is 6.08 Å². The maximum Gasteiger partial charge on any atom is 0.330 e. The second-order valence-electron chi connectivity index (χ2n) is 1.86. The Kier molecular flexibility index (Phi) is 7.83. The summed E-state index contributed by atoms with van der Waals surface area (Å²) in [7, 11) is -1.83. The van der Waals surface area contributed by atoms with Gasteiger partial charge >= 0.3 is 14.6 Å². The van der Waals surface area contributed by atoms with E-state index in [1.165, 1.54) is 0 Å². The molecule has 5 nitrogen and oxygen atoms in total. The van der Waals surface area contributed by atoms with Crippen molar-refractivity contribution < 1.29 is 23.5 Å². The quantitative estimate of drug-likeness (QED) is 0.292. The van der Waals surface area contributed by atoms with Crippen LogP contribution in [0, 0.1) is 0 Å². The van der Waals surface area contributed by atoms with Crippen LogP contribution in [0.15, 0.2) is 12.7 Å². The lowest BCUT2D eigenvalue weighted by molar-refractivity contribution is -0.138. The van der Waals surface area contributed by atoms with Gasteiger partial charge in [0.25, 0.3) is 0 Å². The average molecular weight is 208 g/mol. The van der Waals surface area contributed by atoms with Crippen molar-refractivity contribution in [3.63, 3.8) is 0 Å². The fourth-order valence-electron chi connectivity index (χ4n) is 0.464. The van der Waals surface area contributed by atoms with Crippen LogP contribution < -0.4 is 0 Å². The highest BCUT2D eigenvalue weighted by molar-refractivity contribution is 7.40. The molecule has 0 aromatic rings. The predicted octanol–water partition coefficient (Wildman–Crippen LogP) is 0.988. The molecular formula is C7H13O5P. The summed E-state index contributed by atoms with van der Waals surface area (Å²) in [5, 5.41) is 0. The summed E-state index contributed by atoms with van der Waals surface area (Å²) in [5.41, 5.74) is 0. The Bertz CT molecular complexity index is 161. The molecule has 0 fully saturated rings. The number of hydrogen-bond acceptors (Lipinski definition) is 5. The van der Waals surface area contributed by atoms with Gasteiger partial charge in [0.1, 0.15) is 6.61 Å². The third-order valence-corrected chi connectivity index (χ3v) is 1.82. The van der Waals surface area contributed by atoms with E-state index in [1.54, 1.807) is 6.92 Å². The Morgan fingerprint density at radius 1 is 1.54 bits per heavy atom. The first kappa shape index (κ1) is 12.5. The van der Waals surface area contributed by atoms with Crippen molar-refractivity contribution in [2.45, 2.75) is 6.92 Å². The lowest BCUT2D eigenvalue weighted by atomic mass is 10.6. The van der Waals surface area contributed by atoms with Crippen LogP contribution in [-0.2, 0) is 18.6 Å². The SMILES string of the molecule is C=CC(=O)OCCOP(O)OCC. The van der Waals surface area contributed by atoms with Crippen molar-refractivity contribution in [1.29, 1.82) is 0 Å². The smallest absolute Gasteiger partial charge is 0.330 e. The molecule has 0 heterocycles. The molecule has 76 valence electrons. The molecule has 0 amide bonds. The monoisotopic (exact) mass is 208 g/mol. The van der Waals surface area contributed by atoms with Crippen LogP contribution in [0.3, 0.4) is 0 Å². The van der Waals surface area contributed by atoms with Crippen molar-refractivity contribution in [1.82, 2.24) is 0 Å². The highest BCUT2D eigenvalue weighted by Crippen LogP contribution is 2.31. The van der Waals surface area contributed by atoms with E-state index in [4.69, 9.17) is 13.9 Å². The summed E-state index contributed by atoms with van der Waals surface area (Å²) in [6.45, 7) is 5.54. The van der Waals surface area contributed by atoms with Crippen LogP contribution >= 0.6 is 8.60 Å². The van der Waals surface area contributed by atoms with E-state index in [-0.39, 0.29) is 13.2 Å². The molecule has 0 aromatic carbocycles. The van der Waals surface area contributed by atoms with Gasteiger partial charge in [0, 0.05) is 6.08 Å². The molecule has 0 aromatic heterocycles. The van der Waals surface area contributed by atoms with Gasteiger partial charge in [-0.25, -0.2) is 4.79 Å². The van der Waals surface area contributed by atoms with Crippen LogP contribution in [0.5, 0.6) is 0 Å². The molecule has 1 N–H and O–H groups in total. The van der Waals surface area contributed by atoms with Crippen LogP contribution in [0.4, 0.5) is 0 Å². The number of rotatable bonds is 7. The molecule has 0 saturated heterocycles. The summed E-state index contributed by atoms with van der Waals surface area (Å²) in [6, 6.07) is 0. The zero-order valence-electron chi connectivity index (χ0n) is 7.43. The van der Waals surface area contributed by atoms with Gasteiger partial charge in [-0.15, -0.1) is 0 Å². The van der Waals surface area contributed by atoms with Crippen molar-refractivity contribution in [3.8, 4) is 0 Å². The number of ether oxygens (including phenoxy) is 1. The first-order chi connectivity index (χ1) is 6.20. The van der Waals surface area contributed by atoms with E-state index >= 15 is 0 Å². The zero-order chi connectivity index (χ0) is 10.1. The first-order valence-electron chi connectivity index (χ1n) is 3.74. The van der Waals surface area contributed by atoms with E-state index in [2.05, 4.69) is 11.3 Å². The molecular weight excluding hydrogens is 195 g/mol. The minimum absolute atomic E-state index is 0.0807. The minimum Gasteiger partial charge on any atom is -0.460 e. The normalized spacial score (nSPS) is 12.2. The standard InChI is InChI=1S/C7H13O5P/c1-3-7(8)10-5-6-12-13(9)11-4-2/h3,9H,1,4-6H2,2H3. The van der Waals surface area contributed by atoms with Gasteiger partial charge in [-0.3, -0.25) is 0 Å². The Morgan fingerprint density at radius 3 is 2.77 bits per heavy atom. The lowest BCUT2D eigenvalue weighted by Gasteiger charge is -2.08. The maximum absolute atomic E-state index is 10.5. The fourth-order valence-corrected chi connectivity index (χ4v) is 0.990. The Hall–Kier alpha value is -0.480. The van der Waals surface area contributed by atoms with Gasteiger partial charge in [-0.2, -0.15) is 0 Å². The third kappa shape index (κ3) is 7.87. The lowest BCUT2D eigenvalue weighted by Crippen LogP contribution is -2.06. The van der Waals surface area contributed by atoms with Crippen LogP contribution in [-0.4, -0.2) is 30.7 Å². The Labute approximate surface area is 78.3 Å². The van der Waals surface area contributed by atoms with Crippen LogP contribution in [0.25, 0.3) is 0 Å². The molecule has 1 atom stereocenters. The second-order valence-corrected chi connectivity index (χ2v) is 2.85. The molecule has 0 aliphatic carbocycles. The van der Waals surface area contributed by atoms with E-state index in [0.29, 0.717) is 6.61 Å². The molecule has 0 saturated carbocycles. The summed E-state index contributed by atoms with van der Waals surface area (Å²) >= 11 is 0. The fraction of sp³-hybridized carbons (Fsp3) is 0.571. The number of carbonyl (C=O) groups is 1. The predicted molar refractivity (Wildman–Crippen MR) is 47.9 cm³/mol. The van der Waals surface area contributed by atoms with Gasteiger partial charge in [-0.05, 0) is 6.92 Å². The topological polar surface area (TPSA) is 65.0 Å². The van der Waals surface area contributed by atoms with Gasteiger partial charge < -0.3 is 18.7 Å². The third-order valence-electron chi connectivity index (χ3n) is 0.936. The zero-order valence-corrected chi connectivity index (χ0v) is 8.33. The van der Waals surface area contributed by atoms with Gasteiger partial charge in [0.05, 0.1) is 13.2 Å². The Morgan fingerprint density at radius 2 is 2.23 bits per heavy atom. The molecule has 0 aliphatic rings. The molecule has 6 heteroatoms. The number of esters is 1. The van der Waals surface area contributed by atoms with Crippen molar-refractivity contribution in [3.05, 3.63) is 12.7 Å². The number of hydrogen-bond donors (Lipinski definition) is 1. The highest BCUT2D eigenvalue weighted by Gasteiger charge is 2.04. The summed E-state index contributed by atoms with van der Waals surface area (Å²) in [4.78, 5) is 19.4. The van der Waals surface area contributed by atoms with E-state index < -0.39 is 14.6 Å². The molecule has 0 aliphatic heterocycles. The number of carbonyl (C=O) groups excluding carboxylic acids is 1. The molecule has 0 rings (SSSR count). The molecule has 0 radical (unpaired) electrons. The van der Waals surface area contributed by atoms with E-state index in [1.807, 2.05) is 0 Å². The molecule has 1 unspecified atom stereocenters. The second kappa shape index (κ2) is 8.13. The van der Waals surface area contributed by atoms with Crippen molar-refractivity contribution in [2.75, 3.05) is 19.8 Å². The minimum atomic E-state index is -1.83. The van der Waals surface area contributed by atoms with Crippen LogP contribution in [0.1, 0.15) is 6.92 Å². The van der Waals surface area contributed by atoms with Gasteiger partial charge in [0.15, 0.2) is 0 Å². The van der Waals surface area contributed by atoms with Crippen molar-refractivity contribution >= 4 is 14.6 Å². The van der Waals surface area contributed by atoms with Crippen LogP contribution in [0.2, 0.25) is 0 Å². The van der Waals surface area contributed by atoms with E-state index in [9.17, 15) is 4.79 Å². The van der Waals surface area contributed by atoms with Gasteiger partial charge in [0.2, 0.25) is 0 Å². The molecule has 13 heavy (non-hydrogen) atoms. The van der Waals surface area contributed by atoms with Crippen molar-refractivity contribution in [2.24, 2.45) is 0 Å². The average Bonchev–Trinajstić information content (AvgIpc) is 2.12. The maximum atomic E-state index is 10.5. The largest absolute Gasteiger partial charge is 0.460 e.